The molecule has 3 aromatic carbocycles. The molecule has 3 aromatic rings. The molecule has 52 heavy (non-hydrogen) atoms. The van der Waals surface area contributed by atoms with Gasteiger partial charge in [0.15, 0.2) is 0 Å². The highest BCUT2D eigenvalue weighted by atomic mass is 19.4. The number of carboxylic acids is 2. The molecule has 19 heteroatoms. The van der Waals surface area contributed by atoms with Crippen molar-refractivity contribution in [3.05, 3.63) is 107 Å². The number of aryl methyl sites for hydroxylation is 1. The fraction of sp³-hybridized carbons (Fsp3) is 0.273. The fourth-order valence-corrected chi connectivity index (χ4v) is 3.83. The standard InChI is InChI=1S/C29H34N6O3.2C2HF3O2/c1-19(28(37)34-18-22-7-12-23(13-8-22)26(30)31)35-29(38)25(16-11-20-5-3-2-4-6-20)33-17-21-9-14-24(15-10-21)27(32)36;2*3-2(4,5)1(6)7/h2-10,12-15,19,25,33H,11,16-18H2,1H3,(H3,30,31)(H2,32,36)(H,34,37)(H,35,38);2*(H,6,7)/t19-,25+;;/m0../s1. The smallest absolute Gasteiger partial charge is 0.475 e. The summed E-state index contributed by atoms with van der Waals surface area (Å²) in [5, 5.41) is 30.6. The van der Waals surface area contributed by atoms with Gasteiger partial charge in [0.2, 0.25) is 17.7 Å². The van der Waals surface area contributed by atoms with Crippen molar-refractivity contribution in [2.75, 3.05) is 0 Å². The number of alkyl halides is 6. The van der Waals surface area contributed by atoms with E-state index < -0.39 is 42.3 Å². The van der Waals surface area contributed by atoms with E-state index in [4.69, 9.17) is 36.7 Å². The first-order chi connectivity index (χ1) is 24.1. The second kappa shape index (κ2) is 20.6. The Morgan fingerprint density at radius 3 is 1.56 bits per heavy atom. The SMILES string of the molecule is C[C@H](NC(=O)[C@@H](CCc1ccccc1)NCc1ccc(C(N)=O)cc1)C(=O)NCc1ccc(C(=N)N)cc1.O=C(O)C(F)(F)F.O=C(O)C(F)(F)F. The molecule has 0 fully saturated rings. The van der Waals surface area contributed by atoms with Crippen molar-refractivity contribution in [3.8, 4) is 0 Å². The van der Waals surface area contributed by atoms with Crippen LogP contribution < -0.4 is 27.4 Å². The highest BCUT2D eigenvalue weighted by molar-refractivity contribution is 5.95. The van der Waals surface area contributed by atoms with E-state index in [1.807, 2.05) is 30.3 Å². The molecule has 0 aliphatic carbocycles. The van der Waals surface area contributed by atoms with E-state index in [9.17, 15) is 40.7 Å². The number of carboxylic acid groups (broad SMARTS) is 2. The number of halogens is 6. The van der Waals surface area contributed by atoms with E-state index in [2.05, 4.69) is 16.0 Å². The van der Waals surface area contributed by atoms with E-state index in [-0.39, 0.29) is 24.2 Å². The molecule has 0 spiro atoms. The molecule has 0 heterocycles. The first kappa shape index (κ1) is 44.0. The van der Waals surface area contributed by atoms with E-state index in [0.717, 1.165) is 16.7 Å². The highest BCUT2D eigenvalue weighted by Crippen LogP contribution is 2.14. The molecular weight excluding hydrogens is 706 g/mol. The third-order valence-electron chi connectivity index (χ3n) is 6.64. The van der Waals surface area contributed by atoms with Crippen LogP contribution >= 0.6 is 0 Å². The van der Waals surface area contributed by atoms with Gasteiger partial charge >= 0.3 is 24.3 Å². The van der Waals surface area contributed by atoms with Crippen LogP contribution in [0.2, 0.25) is 0 Å². The van der Waals surface area contributed by atoms with Crippen molar-refractivity contribution >= 4 is 35.5 Å². The number of hydrogen-bond acceptors (Lipinski definition) is 7. The van der Waals surface area contributed by atoms with E-state index in [1.54, 1.807) is 55.5 Å². The average Bonchev–Trinajstić information content (AvgIpc) is 3.07. The first-order valence-corrected chi connectivity index (χ1v) is 14.9. The summed E-state index contributed by atoms with van der Waals surface area (Å²) in [6.45, 7) is 2.33. The van der Waals surface area contributed by atoms with Gasteiger partial charge in [-0.1, -0.05) is 66.7 Å². The lowest BCUT2D eigenvalue weighted by Gasteiger charge is -2.21. The minimum absolute atomic E-state index is 0.0185. The molecular formula is C33H36F6N6O7. The Kier molecular flexibility index (Phi) is 17.5. The van der Waals surface area contributed by atoms with Gasteiger partial charge in [-0.25, -0.2) is 9.59 Å². The van der Waals surface area contributed by atoms with Crippen molar-refractivity contribution in [3.63, 3.8) is 0 Å². The zero-order valence-corrected chi connectivity index (χ0v) is 27.3. The number of benzene rings is 3. The lowest BCUT2D eigenvalue weighted by atomic mass is 10.0. The van der Waals surface area contributed by atoms with Crippen molar-refractivity contribution < 1.29 is 60.5 Å². The largest absolute Gasteiger partial charge is 0.490 e. The lowest BCUT2D eigenvalue weighted by molar-refractivity contribution is -0.193. The summed E-state index contributed by atoms with van der Waals surface area (Å²) in [4.78, 5) is 54.9. The number of nitrogen functional groups attached to an aromatic ring is 1. The molecule has 0 aromatic heterocycles. The van der Waals surface area contributed by atoms with Gasteiger partial charge in [-0.15, -0.1) is 0 Å². The number of amidine groups is 1. The summed E-state index contributed by atoms with van der Waals surface area (Å²) >= 11 is 0. The maximum atomic E-state index is 13.2. The van der Waals surface area contributed by atoms with Crippen LogP contribution in [-0.2, 0) is 38.7 Å². The molecule has 0 saturated heterocycles. The van der Waals surface area contributed by atoms with E-state index >= 15 is 0 Å². The Morgan fingerprint density at radius 2 is 1.13 bits per heavy atom. The topological polar surface area (TPSA) is 238 Å². The molecule has 10 N–H and O–H groups in total. The second-order valence-corrected chi connectivity index (χ2v) is 10.7. The van der Waals surface area contributed by atoms with Crippen LogP contribution in [0.25, 0.3) is 0 Å². The average molecular weight is 743 g/mol. The van der Waals surface area contributed by atoms with Crippen molar-refractivity contribution in [1.82, 2.24) is 16.0 Å². The Labute approximate surface area is 292 Å². The second-order valence-electron chi connectivity index (χ2n) is 10.7. The van der Waals surface area contributed by atoms with Gasteiger partial charge in [-0.3, -0.25) is 19.8 Å². The first-order valence-electron chi connectivity index (χ1n) is 14.9. The predicted molar refractivity (Wildman–Crippen MR) is 175 cm³/mol. The van der Waals surface area contributed by atoms with Gasteiger partial charge in [0.25, 0.3) is 0 Å². The van der Waals surface area contributed by atoms with Crippen LogP contribution in [0.15, 0.2) is 78.9 Å². The van der Waals surface area contributed by atoms with Gasteiger partial charge in [-0.2, -0.15) is 26.3 Å². The predicted octanol–water partition coefficient (Wildman–Crippen LogP) is 3.25. The number of primary amides is 1. The van der Waals surface area contributed by atoms with Crippen LogP contribution in [0, 0.1) is 5.41 Å². The molecule has 3 amide bonds. The number of amides is 3. The number of hydrogen-bond donors (Lipinski definition) is 8. The van der Waals surface area contributed by atoms with Crippen molar-refractivity contribution in [2.24, 2.45) is 11.5 Å². The van der Waals surface area contributed by atoms with Gasteiger partial charge in [0.05, 0.1) is 6.04 Å². The minimum Gasteiger partial charge on any atom is -0.475 e. The van der Waals surface area contributed by atoms with Crippen molar-refractivity contribution in [2.45, 2.75) is 57.3 Å². The summed E-state index contributed by atoms with van der Waals surface area (Å²) in [6.07, 6.45) is -8.95. The summed E-state index contributed by atoms with van der Waals surface area (Å²) in [5.74, 6) is -6.61. The zero-order chi connectivity index (χ0) is 39.6. The van der Waals surface area contributed by atoms with Gasteiger partial charge in [0.1, 0.15) is 11.9 Å². The normalized spacial score (nSPS) is 12.0. The maximum Gasteiger partial charge on any atom is 0.490 e. The van der Waals surface area contributed by atoms with Crippen LogP contribution in [0.3, 0.4) is 0 Å². The molecule has 0 bridgehead atoms. The molecule has 3 rings (SSSR count). The molecule has 0 radical (unpaired) electrons. The number of carbonyl (C=O) groups excluding carboxylic acids is 3. The quantitative estimate of drug-likeness (QED) is 0.0728. The zero-order valence-electron chi connectivity index (χ0n) is 27.3. The summed E-state index contributed by atoms with van der Waals surface area (Å²) in [5.41, 5.74) is 14.7. The van der Waals surface area contributed by atoms with Crippen LogP contribution in [0.4, 0.5) is 26.3 Å². The minimum atomic E-state index is -5.08. The summed E-state index contributed by atoms with van der Waals surface area (Å²) in [7, 11) is 0. The van der Waals surface area contributed by atoms with Crippen LogP contribution in [0.5, 0.6) is 0 Å². The van der Waals surface area contributed by atoms with Crippen LogP contribution in [0.1, 0.15) is 46.0 Å². The van der Waals surface area contributed by atoms with Crippen LogP contribution in [-0.4, -0.2) is 70.1 Å². The number of nitrogens with one attached hydrogen (secondary N) is 4. The number of nitrogens with two attached hydrogens (primary N) is 2. The number of rotatable bonds is 13. The van der Waals surface area contributed by atoms with E-state index in [0.29, 0.717) is 30.5 Å². The molecule has 0 aliphatic rings. The molecule has 0 aliphatic heterocycles. The molecule has 2 atom stereocenters. The molecule has 0 saturated carbocycles. The monoisotopic (exact) mass is 742 g/mol. The van der Waals surface area contributed by atoms with E-state index in [1.165, 1.54) is 0 Å². The highest BCUT2D eigenvalue weighted by Gasteiger charge is 2.38. The van der Waals surface area contributed by atoms with Gasteiger partial charge in [0, 0.05) is 24.2 Å². The van der Waals surface area contributed by atoms with Gasteiger partial charge in [-0.05, 0) is 48.6 Å². The third kappa shape index (κ3) is 17.1. The fourth-order valence-electron chi connectivity index (χ4n) is 3.83. The lowest BCUT2D eigenvalue weighted by Crippen LogP contribution is -2.51. The summed E-state index contributed by atoms with van der Waals surface area (Å²) in [6, 6.07) is 22.5. The molecule has 0 unspecified atom stereocenters. The Bertz CT molecular complexity index is 1630. The Morgan fingerprint density at radius 1 is 0.692 bits per heavy atom. The maximum absolute atomic E-state index is 13.2. The third-order valence-corrected chi connectivity index (χ3v) is 6.64. The molecule has 13 nitrogen and oxygen atoms in total. The number of carbonyl (C=O) groups is 5. The Hall–Kier alpha value is -5.98. The summed E-state index contributed by atoms with van der Waals surface area (Å²) < 4.78 is 63.5. The Balaban J connectivity index is 0.000000812. The molecule has 282 valence electrons. The van der Waals surface area contributed by atoms with Gasteiger partial charge < -0.3 is 37.6 Å². The van der Waals surface area contributed by atoms with Crippen molar-refractivity contribution in [1.29, 1.82) is 5.41 Å². The number of aliphatic carboxylic acids is 2.